The third-order valence-corrected chi connectivity index (χ3v) is 8.00. The highest BCUT2D eigenvalue weighted by Crippen LogP contribution is 2.56. The zero-order chi connectivity index (χ0) is 21.9. The molecule has 0 spiro atoms. The SMILES string of the molecule is O=C(NC1CC1)c1cnc(NC2CCN(C(=O)OC3C4CC5C[C@@H]3CC(O)(C5)C4)C2)nc1. The first-order valence-electron chi connectivity index (χ1n) is 12.0. The number of carbonyl (C=O) groups excluding carboxylic acids is 2. The lowest BCUT2D eigenvalue weighted by atomic mass is 9.53. The maximum atomic E-state index is 12.9. The molecule has 1 aliphatic heterocycles. The molecule has 172 valence electrons. The van der Waals surface area contributed by atoms with Gasteiger partial charge in [-0.25, -0.2) is 14.8 Å². The number of aliphatic hydroxyl groups is 1. The Morgan fingerprint density at radius 3 is 2.44 bits per heavy atom. The summed E-state index contributed by atoms with van der Waals surface area (Å²) in [5.74, 6) is 1.53. The molecular weight excluding hydrogens is 410 g/mol. The van der Waals surface area contributed by atoms with Crippen LogP contribution in [0.5, 0.6) is 0 Å². The predicted molar refractivity (Wildman–Crippen MR) is 115 cm³/mol. The van der Waals surface area contributed by atoms with Crippen molar-refractivity contribution in [2.24, 2.45) is 17.8 Å². The molecule has 5 saturated carbocycles. The van der Waals surface area contributed by atoms with Gasteiger partial charge >= 0.3 is 6.09 Å². The molecule has 5 unspecified atom stereocenters. The molecule has 1 aromatic rings. The third-order valence-electron chi connectivity index (χ3n) is 8.00. The van der Waals surface area contributed by atoms with Crippen molar-refractivity contribution in [3.63, 3.8) is 0 Å². The molecule has 32 heavy (non-hydrogen) atoms. The molecule has 2 amide bonds. The Kier molecular flexibility index (Phi) is 4.78. The van der Waals surface area contributed by atoms with Gasteiger partial charge in [-0.2, -0.15) is 0 Å². The predicted octanol–water partition coefficient (Wildman–Crippen LogP) is 1.93. The lowest BCUT2D eigenvalue weighted by Crippen LogP contribution is -2.58. The Morgan fingerprint density at radius 1 is 1.06 bits per heavy atom. The number of ether oxygens (including phenoxy) is 1. The molecule has 2 heterocycles. The number of carbonyl (C=O) groups is 2. The molecule has 0 radical (unpaired) electrons. The summed E-state index contributed by atoms with van der Waals surface area (Å²) in [4.78, 5) is 35.2. The van der Waals surface area contributed by atoms with Crippen molar-refractivity contribution >= 4 is 17.9 Å². The topological polar surface area (TPSA) is 117 Å². The Balaban J connectivity index is 1.01. The molecule has 9 heteroatoms. The molecule has 3 N–H and O–H groups in total. The zero-order valence-electron chi connectivity index (χ0n) is 18.2. The molecule has 0 aromatic carbocycles. The molecule has 9 nitrogen and oxygen atoms in total. The van der Waals surface area contributed by atoms with E-state index in [1.807, 2.05) is 0 Å². The number of rotatable bonds is 5. The highest BCUT2D eigenvalue weighted by atomic mass is 16.6. The molecular formula is C23H31N5O4. The summed E-state index contributed by atoms with van der Waals surface area (Å²) in [6.07, 6.45) is 10.3. The van der Waals surface area contributed by atoms with Gasteiger partial charge in [-0.15, -0.1) is 0 Å². The van der Waals surface area contributed by atoms with Crippen molar-refractivity contribution in [3.8, 4) is 0 Å². The number of anilines is 1. The van der Waals surface area contributed by atoms with Crippen molar-refractivity contribution in [1.29, 1.82) is 0 Å². The van der Waals surface area contributed by atoms with Gasteiger partial charge in [0.15, 0.2) is 0 Å². The number of hydrogen-bond acceptors (Lipinski definition) is 7. The fraction of sp³-hybridized carbons (Fsp3) is 0.739. The van der Waals surface area contributed by atoms with Crippen LogP contribution in [0.2, 0.25) is 0 Å². The van der Waals surface area contributed by atoms with Gasteiger partial charge in [-0.05, 0) is 69.1 Å². The van der Waals surface area contributed by atoms with E-state index < -0.39 is 5.60 Å². The average Bonchev–Trinajstić information content (AvgIpc) is 3.44. The fourth-order valence-electron chi connectivity index (χ4n) is 6.56. The van der Waals surface area contributed by atoms with Crippen LogP contribution in [0.15, 0.2) is 12.4 Å². The van der Waals surface area contributed by atoms with E-state index >= 15 is 0 Å². The van der Waals surface area contributed by atoms with Crippen LogP contribution in [0.1, 0.15) is 61.7 Å². The Labute approximate surface area is 187 Å². The molecule has 6 fully saturated rings. The maximum Gasteiger partial charge on any atom is 0.410 e. The summed E-state index contributed by atoms with van der Waals surface area (Å²) in [7, 11) is 0. The Hall–Kier alpha value is -2.42. The van der Waals surface area contributed by atoms with Gasteiger partial charge in [0, 0.05) is 37.6 Å². The van der Waals surface area contributed by atoms with Gasteiger partial charge < -0.3 is 25.4 Å². The van der Waals surface area contributed by atoms with Gasteiger partial charge in [0.2, 0.25) is 5.95 Å². The lowest BCUT2D eigenvalue weighted by molar-refractivity contribution is -0.177. The number of amides is 2. The van der Waals surface area contributed by atoms with Gasteiger partial charge in [-0.3, -0.25) is 4.79 Å². The second-order valence-electron chi connectivity index (χ2n) is 10.7. The number of nitrogens with zero attached hydrogens (tertiary/aromatic N) is 3. The fourth-order valence-corrected chi connectivity index (χ4v) is 6.56. The monoisotopic (exact) mass is 441 g/mol. The van der Waals surface area contributed by atoms with Crippen LogP contribution in [0.25, 0.3) is 0 Å². The quantitative estimate of drug-likeness (QED) is 0.639. The Morgan fingerprint density at radius 2 is 1.78 bits per heavy atom. The van der Waals surface area contributed by atoms with Gasteiger partial charge in [0.25, 0.3) is 5.91 Å². The van der Waals surface area contributed by atoms with Crippen LogP contribution in [0.3, 0.4) is 0 Å². The molecule has 5 aliphatic carbocycles. The van der Waals surface area contributed by atoms with Crippen molar-refractivity contribution in [2.45, 2.75) is 75.2 Å². The minimum atomic E-state index is -0.518. The summed E-state index contributed by atoms with van der Waals surface area (Å²) >= 11 is 0. The van der Waals surface area contributed by atoms with E-state index in [1.165, 1.54) is 12.4 Å². The standard InChI is InChI=1S/C23H31N5O4/c29-20(26-17-1-2-17)16-10-24-21(25-11-16)27-18-3-4-28(12-18)22(30)32-19-14-5-13-6-15(19)9-23(31,7-13)8-14/h10-11,13-15,17-19,31H,1-9,12H2,(H,26,29)(H,24,25,27)/t13?,14-,15?,18?,19?,23?/m1/s1. The third kappa shape index (κ3) is 3.91. The summed E-state index contributed by atoms with van der Waals surface area (Å²) in [6, 6.07) is 0.348. The van der Waals surface area contributed by atoms with Gasteiger partial charge in [-0.1, -0.05) is 0 Å². The molecule has 7 rings (SSSR count). The van der Waals surface area contributed by atoms with E-state index in [9.17, 15) is 14.7 Å². The normalized spacial score (nSPS) is 37.4. The second kappa shape index (κ2) is 7.57. The highest BCUT2D eigenvalue weighted by molar-refractivity contribution is 5.94. The number of nitrogens with one attached hydrogen (secondary N) is 2. The van der Waals surface area contributed by atoms with E-state index in [1.54, 1.807) is 4.90 Å². The first-order valence-corrected chi connectivity index (χ1v) is 12.0. The van der Waals surface area contributed by atoms with Crippen LogP contribution in [0.4, 0.5) is 10.7 Å². The van der Waals surface area contributed by atoms with Gasteiger partial charge in [0.1, 0.15) is 6.10 Å². The Bertz CT molecular complexity index is 888. The molecule has 4 bridgehead atoms. The van der Waals surface area contributed by atoms with E-state index in [4.69, 9.17) is 4.74 Å². The van der Waals surface area contributed by atoms with E-state index in [0.717, 1.165) is 51.4 Å². The summed E-state index contributed by atoms with van der Waals surface area (Å²) in [5.41, 5.74) is -0.0599. The molecule has 6 aliphatic rings. The smallest absolute Gasteiger partial charge is 0.410 e. The molecule has 1 aromatic heterocycles. The largest absolute Gasteiger partial charge is 0.446 e. The number of hydrogen-bond donors (Lipinski definition) is 3. The van der Waals surface area contributed by atoms with E-state index in [2.05, 4.69) is 20.6 Å². The summed E-state index contributed by atoms with van der Waals surface area (Å²) in [5, 5.41) is 16.9. The van der Waals surface area contributed by atoms with Crippen LogP contribution in [0, 0.1) is 17.8 Å². The van der Waals surface area contributed by atoms with Crippen molar-refractivity contribution < 1.29 is 19.4 Å². The van der Waals surface area contributed by atoms with E-state index in [0.29, 0.717) is 48.4 Å². The van der Waals surface area contributed by atoms with Crippen LogP contribution in [-0.4, -0.2) is 68.9 Å². The average molecular weight is 442 g/mol. The van der Waals surface area contributed by atoms with E-state index in [-0.39, 0.29) is 24.1 Å². The molecule has 6 atom stereocenters. The van der Waals surface area contributed by atoms with Crippen molar-refractivity contribution in [2.75, 3.05) is 18.4 Å². The lowest BCUT2D eigenvalue weighted by Gasteiger charge is -2.57. The number of likely N-dealkylation sites (tertiary alicyclic amines) is 1. The maximum absolute atomic E-state index is 12.9. The minimum Gasteiger partial charge on any atom is -0.446 e. The van der Waals surface area contributed by atoms with Crippen molar-refractivity contribution in [3.05, 3.63) is 18.0 Å². The summed E-state index contributed by atoms with van der Waals surface area (Å²) < 4.78 is 6.01. The highest BCUT2D eigenvalue weighted by Gasteiger charge is 2.56. The van der Waals surface area contributed by atoms with Gasteiger partial charge in [0.05, 0.1) is 11.2 Å². The number of aromatic nitrogens is 2. The first-order chi connectivity index (χ1) is 15.4. The first kappa shape index (κ1) is 20.2. The summed E-state index contributed by atoms with van der Waals surface area (Å²) in [6.45, 7) is 1.17. The van der Waals surface area contributed by atoms with Crippen LogP contribution < -0.4 is 10.6 Å². The van der Waals surface area contributed by atoms with Crippen molar-refractivity contribution in [1.82, 2.24) is 20.2 Å². The molecule has 1 saturated heterocycles. The minimum absolute atomic E-state index is 0.0490. The second-order valence-corrected chi connectivity index (χ2v) is 10.7. The van der Waals surface area contributed by atoms with Crippen LogP contribution >= 0.6 is 0 Å². The van der Waals surface area contributed by atoms with Crippen LogP contribution in [-0.2, 0) is 4.74 Å². The zero-order valence-corrected chi connectivity index (χ0v) is 18.2.